The summed E-state index contributed by atoms with van der Waals surface area (Å²) in [4.78, 5) is 10.2. The minimum absolute atomic E-state index is 0.127. The van der Waals surface area contributed by atoms with Crippen molar-refractivity contribution in [3.63, 3.8) is 0 Å². The lowest BCUT2D eigenvalue weighted by Crippen LogP contribution is -2.16. The molecule has 106 valence electrons. The Morgan fingerprint density at radius 2 is 2.10 bits per heavy atom. The van der Waals surface area contributed by atoms with Crippen LogP contribution in [0.5, 0.6) is 0 Å². The highest BCUT2D eigenvalue weighted by atomic mass is 32.2. The summed E-state index contributed by atoms with van der Waals surface area (Å²) in [6, 6.07) is 5.73. The van der Waals surface area contributed by atoms with Gasteiger partial charge in [-0.25, -0.2) is 8.42 Å². The van der Waals surface area contributed by atoms with Gasteiger partial charge in [0.2, 0.25) is 10.0 Å². The van der Waals surface area contributed by atoms with Gasteiger partial charge < -0.3 is 0 Å². The Morgan fingerprint density at radius 3 is 2.70 bits per heavy atom. The van der Waals surface area contributed by atoms with Crippen molar-refractivity contribution < 1.29 is 13.3 Å². The molecule has 0 saturated heterocycles. The third kappa shape index (κ3) is 3.12. The van der Waals surface area contributed by atoms with E-state index >= 15 is 0 Å². The van der Waals surface area contributed by atoms with Crippen molar-refractivity contribution in [2.75, 3.05) is 4.72 Å². The maximum absolute atomic E-state index is 12.0. The van der Waals surface area contributed by atoms with Crippen molar-refractivity contribution in [1.82, 2.24) is 10.2 Å². The van der Waals surface area contributed by atoms with E-state index in [0.29, 0.717) is 5.56 Å². The maximum atomic E-state index is 12.0. The Kier molecular flexibility index (Phi) is 3.70. The molecule has 2 aromatic rings. The first-order valence-electron chi connectivity index (χ1n) is 5.62. The second kappa shape index (κ2) is 5.29. The quantitative estimate of drug-likeness (QED) is 0.641. The molecule has 0 spiro atoms. The van der Waals surface area contributed by atoms with E-state index in [1.165, 1.54) is 24.4 Å². The second-order valence-corrected chi connectivity index (χ2v) is 5.90. The van der Waals surface area contributed by atoms with Crippen molar-refractivity contribution in [3.8, 4) is 0 Å². The number of nitro benzene ring substituents is 1. The zero-order chi connectivity index (χ0) is 14.8. The summed E-state index contributed by atoms with van der Waals surface area (Å²) in [6.07, 6.45) is 1.48. The van der Waals surface area contributed by atoms with Crippen molar-refractivity contribution in [2.45, 2.75) is 12.7 Å². The van der Waals surface area contributed by atoms with Crippen LogP contribution in [0.3, 0.4) is 0 Å². The van der Waals surface area contributed by atoms with Crippen molar-refractivity contribution in [2.24, 2.45) is 0 Å². The number of para-hydroxylation sites is 1. The van der Waals surface area contributed by atoms with E-state index in [9.17, 15) is 18.5 Å². The van der Waals surface area contributed by atoms with E-state index < -0.39 is 20.7 Å². The Morgan fingerprint density at radius 1 is 1.40 bits per heavy atom. The zero-order valence-electron chi connectivity index (χ0n) is 10.5. The van der Waals surface area contributed by atoms with E-state index in [4.69, 9.17) is 0 Å². The van der Waals surface area contributed by atoms with E-state index in [-0.39, 0.29) is 17.1 Å². The molecule has 0 fully saturated rings. The topological polar surface area (TPSA) is 118 Å². The zero-order valence-corrected chi connectivity index (χ0v) is 11.3. The molecule has 0 amide bonds. The van der Waals surface area contributed by atoms with Gasteiger partial charge in [0.25, 0.3) is 5.69 Å². The number of aryl methyl sites for hydroxylation is 1. The van der Waals surface area contributed by atoms with Gasteiger partial charge in [0, 0.05) is 17.2 Å². The van der Waals surface area contributed by atoms with Gasteiger partial charge in [0.1, 0.15) is 11.6 Å². The maximum Gasteiger partial charge on any atom is 0.273 e. The number of hydrogen-bond donors (Lipinski definition) is 2. The smallest absolute Gasteiger partial charge is 0.267 e. The molecule has 0 atom stereocenters. The number of sulfonamides is 1. The summed E-state index contributed by atoms with van der Waals surface area (Å²) in [5, 5.41) is 17.1. The molecule has 0 radical (unpaired) electrons. The lowest BCUT2D eigenvalue weighted by atomic mass is 10.2. The molecule has 1 aromatic heterocycles. The highest BCUT2D eigenvalue weighted by Crippen LogP contribution is 2.21. The van der Waals surface area contributed by atoms with Crippen LogP contribution in [0.25, 0.3) is 0 Å². The highest BCUT2D eigenvalue weighted by Gasteiger charge is 2.20. The van der Waals surface area contributed by atoms with Crippen molar-refractivity contribution in [3.05, 3.63) is 51.7 Å². The van der Waals surface area contributed by atoms with Crippen LogP contribution in [0, 0.1) is 17.0 Å². The predicted octanol–water partition coefficient (Wildman–Crippen LogP) is 1.57. The van der Waals surface area contributed by atoms with Crippen LogP contribution in [0.2, 0.25) is 0 Å². The van der Waals surface area contributed by atoms with Crippen molar-refractivity contribution in [1.29, 1.82) is 0 Å². The molecule has 0 aliphatic rings. The van der Waals surface area contributed by atoms with Gasteiger partial charge in [-0.2, -0.15) is 5.10 Å². The SMILES string of the molecule is Cc1cn[nH]c1NS(=O)(=O)Cc1ccccc1[N+](=O)[O-]. The fourth-order valence-electron chi connectivity index (χ4n) is 1.66. The van der Waals surface area contributed by atoms with Gasteiger partial charge in [-0.3, -0.25) is 19.9 Å². The Hall–Kier alpha value is -2.42. The van der Waals surface area contributed by atoms with Crippen molar-refractivity contribution >= 4 is 21.5 Å². The lowest BCUT2D eigenvalue weighted by Gasteiger charge is -2.07. The number of H-pyrrole nitrogens is 1. The first-order chi connectivity index (χ1) is 9.39. The normalized spacial score (nSPS) is 11.2. The first-order valence-corrected chi connectivity index (χ1v) is 7.27. The number of aromatic amines is 1. The number of nitrogens with one attached hydrogen (secondary N) is 2. The largest absolute Gasteiger partial charge is 0.273 e. The summed E-state index contributed by atoms with van der Waals surface area (Å²) >= 11 is 0. The first kappa shape index (κ1) is 14.0. The molecule has 20 heavy (non-hydrogen) atoms. The van der Waals surface area contributed by atoms with Crippen LogP contribution in [0.4, 0.5) is 11.5 Å². The van der Waals surface area contributed by atoms with E-state index in [0.717, 1.165) is 0 Å². The number of nitrogens with zero attached hydrogens (tertiary/aromatic N) is 2. The van der Waals surface area contributed by atoms with Gasteiger partial charge in [0.05, 0.1) is 11.1 Å². The second-order valence-electron chi connectivity index (χ2n) is 4.17. The number of rotatable bonds is 5. The predicted molar refractivity (Wildman–Crippen MR) is 72.7 cm³/mol. The fourth-order valence-corrected chi connectivity index (χ4v) is 2.90. The van der Waals surface area contributed by atoms with Crippen LogP contribution >= 0.6 is 0 Å². The monoisotopic (exact) mass is 296 g/mol. The summed E-state index contributed by atoms with van der Waals surface area (Å²) in [5.41, 5.74) is 0.539. The molecular weight excluding hydrogens is 284 g/mol. The number of aromatic nitrogens is 2. The summed E-state index contributed by atoms with van der Waals surface area (Å²) in [6.45, 7) is 1.69. The van der Waals surface area contributed by atoms with E-state index in [2.05, 4.69) is 14.9 Å². The molecule has 2 rings (SSSR count). The fraction of sp³-hybridized carbons (Fsp3) is 0.182. The van der Waals surface area contributed by atoms with Crippen LogP contribution in [0.15, 0.2) is 30.5 Å². The molecule has 9 heteroatoms. The van der Waals surface area contributed by atoms with Gasteiger partial charge in [-0.15, -0.1) is 0 Å². The molecular formula is C11H12N4O4S. The Balaban J connectivity index is 2.25. The summed E-state index contributed by atoms with van der Waals surface area (Å²) < 4.78 is 26.3. The van der Waals surface area contributed by atoms with Gasteiger partial charge >= 0.3 is 0 Å². The van der Waals surface area contributed by atoms with Crippen LogP contribution in [-0.4, -0.2) is 23.5 Å². The van der Waals surface area contributed by atoms with Crippen LogP contribution in [0.1, 0.15) is 11.1 Å². The third-order valence-corrected chi connectivity index (χ3v) is 3.83. The van der Waals surface area contributed by atoms with E-state index in [1.54, 1.807) is 13.0 Å². The summed E-state index contributed by atoms with van der Waals surface area (Å²) in [7, 11) is -3.76. The highest BCUT2D eigenvalue weighted by molar-refractivity contribution is 7.91. The van der Waals surface area contributed by atoms with Gasteiger partial charge in [-0.1, -0.05) is 18.2 Å². The molecule has 1 aromatic carbocycles. The minimum Gasteiger partial charge on any atom is -0.267 e. The van der Waals surface area contributed by atoms with Crippen LogP contribution in [-0.2, 0) is 15.8 Å². The standard InChI is InChI=1S/C11H12N4O4S/c1-8-6-12-13-11(8)14-20(18,19)7-9-4-2-3-5-10(9)15(16)17/h2-6H,7H2,1H3,(H2,12,13,14). The molecule has 0 aliphatic heterocycles. The number of benzene rings is 1. The Bertz CT molecular complexity index is 738. The Labute approximate surface area is 115 Å². The van der Waals surface area contributed by atoms with E-state index in [1.807, 2.05) is 0 Å². The molecule has 0 aliphatic carbocycles. The lowest BCUT2D eigenvalue weighted by molar-refractivity contribution is -0.385. The van der Waals surface area contributed by atoms with Crippen LogP contribution < -0.4 is 4.72 Å². The molecule has 1 heterocycles. The summed E-state index contributed by atoms with van der Waals surface area (Å²) in [5.74, 6) is -0.230. The third-order valence-electron chi connectivity index (χ3n) is 2.62. The number of hydrogen-bond acceptors (Lipinski definition) is 5. The van der Waals surface area contributed by atoms with Gasteiger partial charge in [-0.05, 0) is 6.92 Å². The molecule has 2 N–H and O–H groups in total. The molecule has 0 saturated carbocycles. The number of anilines is 1. The average molecular weight is 296 g/mol. The minimum atomic E-state index is -3.76. The molecule has 0 unspecified atom stereocenters. The molecule has 8 nitrogen and oxygen atoms in total. The average Bonchev–Trinajstić information content (AvgIpc) is 2.74. The molecule has 0 bridgehead atoms. The van der Waals surface area contributed by atoms with Gasteiger partial charge in [0.15, 0.2) is 0 Å². The number of nitro groups is 1.